The number of nitrogens with zero attached hydrogens (tertiary/aromatic N) is 2. The van der Waals surface area contributed by atoms with Gasteiger partial charge in [-0.25, -0.2) is 4.39 Å². The molecule has 2 aromatic rings. The van der Waals surface area contributed by atoms with Crippen molar-refractivity contribution in [3.05, 3.63) is 65.0 Å². The van der Waals surface area contributed by atoms with Crippen LogP contribution < -0.4 is 15.1 Å². The number of nitrogens with one attached hydrogen (secondary N) is 1. The number of carbonyl (C=O) groups excluding carboxylic acids is 2. The van der Waals surface area contributed by atoms with E-state index >= 15 is 0 Å². The Morgan fingerprint density at radius 3 is 2.58 bits per heavy atom. The van der Waals surface area contributed by atoms with Crippen LogP contribution in [0.1, 0.15) is 18.1 Å². The van der Waals surface area contributed by atoms with E-state index in [1.807, 2.05) is 30.0 Å². The molecule has 0 aliphatic carbocycles. The van der Waals surface area contributed by atoms with Crippen molar-refractivity contribution < 1.29 is 18.7 Å². The predicted molar refractivity (Wildman–Crippen MR) is 121 cm³/mol. The van der Waals surface area contributed by atoms with E-state index in [1.54, 1.807) is 18.2 Å². The highest BCUT2D eigenvalue weighted by atomic mass is 32.1. The van der Waals surface area contributed by atoms with Crippen molar-refractivity contribution in [1.82, 2.24) is 5.32 Å². The number of thiocarbonyl (C=S) groups is 1. The van der Waals surface area contributed by atoms with Crippen LogP contribution in [0.25, 0.3) is 6.08 Å². The van der Waals surface area contributed by atoms with Gasteiger partial charge in [0.05, 0.1) is 24.6 Å². The number of amides is 2. The average molecular weight is 440 g/mol. The average Bonchev–Trinajstić information content (AvgIpc) is 2.77. The molecular weight excluding hydrogens is 417 g/mol. The molecule has 0 unspecified atom stereocenters. The predicted octanol–water partition coefficient (Wildman–Crippen LogP) is 3.06. The van der Waals surface area contributed by atoms with Crippen molar-refractivity contribution in [2.24, 2.45) is 0 Å². The summed E-state index contributed by atoms with van der Waals surface area (Å²) in [7, 11) is 0. The zero-order valence-electron chi connectivity index (χ0n) is 17.1. The SMILES string of the molecule is CCc1ccccc1N1C(=O)/C(=C/c2ccc(N3CCOCC3)c(F)c2)C(=O)NC1=S. The Morgan fingerprint density at radius 2 is 1.87 bits per heavy atom. The topological polar surface area (TPSA) is 61.9 Å². The van der Waals surface area contributed by atoms with Gasteiger partial charge in [-0.2, -0.15) is 0 Å². The molecule has 1 N–H and O–H groups in total. The monoisotopic (exact) mass is 439 g/mol. The lowest BCUT2D eigenvalue weighted by molar-refractivity contribution is -0.122. The first kappa shape index (κ1) is 21.1. The smallest absolute Gasteiger partial charge is 0.270 e. The fraction of sp³-hybridized carbons (Fsp3) is 0.261. The summed E-state index contributed by atoms with van der Waals surface area (Å²) in [6, 6.07) is 12.1. The molecule has 2 aromatic carbocycles. The van der Waals surface area contributed by atoms with Gasteiger partial charge >= 0.3 is 0 Å². The van der Waals surface area contributed by atoms with E-state index < -0.39 is 17.6 Å². The van der Waals surface area contributed by atoms with Gasteiger partial charge in [0.25, 0.3) is 11.8 Å². The summed E-state index contributed by atoms with van der Waals surface area (Å²) in [5, 5.41) is 2.60. The molecule has 0 spiro atoms. The number of morpholine rings is 1. The first-order valence-corrected chi connectivity index (χ1v) is 10.5. The Bertz CT molecular complexity index is 1080. The van der Waals surface area contributed by atoms with Crippen molar-refractivity contribution in [3.63, 3.8) is 0 Å². The molecule has 2 aliphatic rings. The molecule has 6 nitrogen and oxygen atoms in total. The summed E-state index contributed by atoms with van der Waals surface area (Å²) in [6.45, 7) is 4.30. The second kappa shape index (κ2) is 8.95. The minimum atomic E-state index is -0.599. The lowest BCUT2D eigenvalue weighted by atomic mass is 10.0. The minimum absolute atomic E-state index is 0.0295. The molecule has 8 heteroatoms. The molecular formula is C23H22FN3O3S. The Morgan fingerprint density at radius 1 is 1.13 bits per heavy atom. The van der Waals surface area contributed by atoms with Crippen molar-refractivity contribution >= 4 is 46.6 Å². The molecule has 0 bridgehead atoms. The molecule has 160 valence electrons. The van der Waals surface area contributed by atoms with Gasteiger partial charge < -0.3 is 9.64 Å². The molecule has 0 radical (unpaired) electrons. The normalized spacial score (nSPS) is 18.5. The third kappa shape index (κ3) is 4.22. The molecule has 0 atom stereocenters. The van der Waals surface area contributed by atoms with Crippen LogP contribution in [0.2, 0.25) is 0 Å². The number of carbonyl (C=O) groups is 2. The molecule has 2 fully saturated rings. The fourth-order valence-corrected chi connectivity index (χ4v) is 4.02. The van der Waals surface area contributed by atoms with Gasteiger partial charge in [0.15, 0.2) is 5.11 Å². The Labute approximate surface area is 185 Å². The number of halogens is 1. The van der Waals surface area contributed by atoms with E-state index in [4.69, 9.17) is 17.0 Å². The maximum Gasteiger partial charge on any atom is 0.270 e. The zero-order valence-corrected chi connectivity index (χ0v) is 17.9. The first-order chi connectivity index (χ1) is 15.0. The van der Waals surface area contributed by atoms with E-state index in [0.29, 0.717) is 49.7 Å². The van der Waals surface area contributed by atoms with Crippen molar-refractivity contribution in [2.75, 3.05) is 36.1 Å². The summed E-state index contributed by atoms with van der Waals surface area (Å²) in [5.74, 6) is -1.55. The van der Waals surface area contributed by atoms with E-state index in [0.717, 1.165) is 5.56 Å². The molecule has 31 heavy (non-hydrogen) atoms. The summed E-state index contributed by atoms with van der Waals surface area (Å²) in [4.78, 5) is 29.0. The third-order valence-corrected chi connectivity index (χ3v) is 5.63. The highest BCUT2D eigenvalue weighted by molar-refractivity contribution is 7.80. The number of benzene rings is 2. The minimum Gasteiger partial charge on any atom is -0.378 e. The summed E-state index contributed by atoms with van der Waals surface area (Å²) < 4.78 is 20.1. The largest absolute Gasteiger partial charge is 0.378 e. The second-order valence-electron chi connectivity index (χ2n) is 7.25. The standard InChI is InChI=1S/C23H22FN3O3S/c1-2-16-5-3-4-6-19(16)27-22(29)17(21(28)25-23(27)31)13-15-7-8-20(18(24)14-15)26-9-11-30-12-10-26/h3-8,13-14H,2,9-12H2,1H3,(H,25,28,31)/b17-13+. The fourth-order valence-electron chi connectivity index (χ4n) is 3.74. The maximum atomic E-state index is 14.8. The van der Waals surface area contributed by atoms with Gasteiger partial charge in [-0.05, 0) is 54.0 Å². The quantitative estimate of drug-likeness (QED) is 0.451. The summed E-state index contributed by atoms with van der Waals surface area (Å²) in [6.07, 6.45) is 2.09. The van der Waals surface area contributed by atoms with Crippen LogP contribution in [0, 0.1) is 5.82 Å². The summed E-state index contributed by atoms with van der Waals surface area (Å²) in [5.41, 5.74) is 2.35. The van der Waals surface area contributed by atoms with Crippen molar-refractivity contribution in [3.8, 4) is 0 Å². The highest BCUT2D eigenvalue weighted by Gasteiger charge is 2.35. The lowest BCUT2D eigenvalue weighted by Crippen LogP contribution is -2.54. The van der Waals surface area contributed by atoms with Crippen LogP contribution in [0.3, 0.4) is 0 Å². The maximum absolute atomic E-state index is 14.8. The number of hydrogen-bond acceptors (Lipinski definition) is 5. The van der Waals surface area contributed by atoms with Crippen LogP contribution in [-0.4, -0.2) is 43.2 Å². The van der Waals surface area contributed by atoms with Crippen LogP contribution in [0.4, 0.5) is 15.8 Å². The van der Waals surface area contributed by atoms with Gasteiger partial charge in [0, 0.05) is 13.1 Å². The zero-order chi connectivity index (χ0) is 22.0. The molecule has 2 heterocycles. The Kier molecular flexibility index (Phi) is 6.11. The van der Waals surface area contributed by atoms with Crippen molar-refractivity contribution in [1.29, 1.82) is 0 Å². The van der Waals surface area contributed by atoms with Crippen LogP contribution >= 0.6 is 12.2 Å². The van der Waals surface area contributed by atoms with Crippen LogP contribution in [0.15, 0.2) is 48.0 Å². The van der Waals surface area contributed by atoms with Gasteiger partial charge in [0.1, 0.15) is 11.4 Å². The van der Waals surface area contributed by atoms with Crippen LogP contribution in [-0.2, 0) is 20.7 Å². The van der Waals surface area contributed by atoms with Crippen LogP contribution in [0.5, 0.6) is 0 Å². The number of anilines is 2. The number of rotatable bonds is 4. The number of ether oxygens (including phenoxy) is 1. The van der Waals surface area contributed by atoms with Crippen molar-refractivity contribution in [2.45, 2.75) is 13.3 Å². The third-order valence-electron chi connectivity index (χ3n) is 5.35. The van der Waals surface area contributed by atoms with E-state index in [2.05, 4.69) is 5.32 Å². The molecule has 0 saturated carbocycles. The van der Waals surface area contributed by atoms with Gasteiger partial charge in [-0.1, -0.05) is 31.2 Å². The van der Waals surface area contributed by atoms with Gasteiger partial charge in [-0.15, -0.1) is 0 Å². The molecule has 4 rings (SSSR count). The summed E-state index contributed by atoms with van der Waals surface area (Å²) >= 11 is 5.27. The van der Waals surface area contributed by atoms with E-state index in [1.165, 1.54) is 17.0 Å². The Balaban J connectivity index is 1.66. The molecule has 2 aliphatic heterocycles. The molecule has 2 saturated heterocycles. The Hall–Kier alpha value is -3.10. The molecule has 0 aromatic heterocycles. The first-order valence-electron chi connectivity index (χ1n) is 10.1. The van der Waals surface area contributed by atoms with Gasteiger partial charge in [-0.3, -0.25) is 19.8 Å². The van der Waals surface area contributed by atoms with E-state index in [-0.39, 0.29) is 10.7 Å². The molecule has 2 amide bonds. The number of aryl methyl sites for hydroxylation is 1. The lowest BCUT2D eigenvalue weighted by Gasteiger charge is -2.30. The van der Waals surface area contributed by atoms with Gasteiger partial charge in [0.2, 0.25) is 0 Å². The van der Waals surface area contributed by atoms with E-state index in [9.17, 15) is 14.0 Å². The number of hydrogen-bond donors (Lipinski definition) is 1. The highest BCUT2D eigenvalue weighted by Crippen LogP contribution is 2.27. The second-order valence-corrected chi connectivity index (χ2v) is 7.64. The number of para-hydroxylation sites is 1.